The highest BCUT2D eigenvalue weighted by Gasteiger charge is 2.29. The minimum atomic E-state index is -0.584. The van der Waals surface area contributed by atoms with Crippen molar-refractivity contribution in [3.8, 4) is 0 Å². The number of anilines is 1. The molecule has 2 aromatic rings. The van der Waals surface area contributed by atoms with Crippen molar-refractivity contribution in [1.29, 1.82) is 0 Å². The van der Waals surface area contributed by atoms with E-state index in [0.717, 1.165) is 18.7 Å². The second kappa shape index (κ2) is 8.15. The number of hydrogen-bond acceptors (Lipinski definition) is 2. The number of hydrogen-bond donors (Lipinski definition) is 3. The lowest BCUT2D eigenvalue weighted by atomic mass is 9.95. The fourth-order valence-electron chi connectivity index (χ4n) is 3.21. The van der Waals surface area contributed by atoms with Gasteiger partial charge in [0, 0.05) is 17.7 Å². The number of aryl methyl sites for hydroxylation is 1. The van der Waals surface area contributed by atoms with Gasteiger partial charge in [0.2, 0.25) is 5.91 Å². The Morgan fingerprint density at radius 3 is 2.50 bits per heavy atom. The Kier molecular flexibility index (Phi) is 5.68. The molecular weight excluding hydrogens is 326 g/mol. The summed E-state index contributed by atoms with van der Waals surface area (Å²) in [5, 5.41) is 7.73. The van der Waals surface area contributed by atoms with E-state index in [1.165, 1.54) is 16.7 Å². The Balaban J connectivity index is 1.54. The molecule has 2 amide bonds. The van der Waals surface area contributed by atoms with Crippen molar-refractivity contribution in [2.24, 2.45) is 0 Å². The quantitative estimate of drug-likeness (QED) is 0.760. The topological polar surface area (TPSA) is 74.8 Å². The summed E-state index contributed by atoms with van der Waals surface area (Å²) in [7, 11) is 0. The minimum absolute atomic E-state index is 0.0940. The van der Waals surface area contributed by atoms with Gasteiger partial charge in [0.15, 0.2) is 6.04 Å². The molecule has 1 aliphatic rings. The number of quaternary nitrogens is 1. The van der Waals surface area contributed by atoms with E-state index in [-0.39, 0.29) is 17.9 Å². The fraction of sp³-hybridized carbons (Fsp3) is 0.333. The summed E-state index contributed by atoms with van der Waals surface area (Å²) < 4.78 is 0. The monoisotopic (exact) mass is 352 g/mol. The van der Waals surface area contributed by atoms with Gasteiger partial charge in [-0.05, 0) is 36.6 Å². The van der Waals surface area contributed by atoms with Crippen LogP contribution < -0.4 is 16.0 Å². The molecule has 0 spiro atoms. The van der Waals surface area contributed by atoms with Gasteiger partial charge >= 0.3 is 0 Å². The third-order valence-corrected chi connectivity index (χ3v) is 4.90. The Hall–Kier alpha value is -2.66. The first-order chi connectivity index (χ1) is 12.6. The van der Waals surface area contributed by atoms with Crippen molar-refractivity contribution >= 4 is 17.5 Å². The van der Waals surface area contributed by atoms with E-state index < -0.39 is 6.04 Å². The molecule has 0 radical (unpaired) electrons. The Morgan fingerprint density at radius 1 is 1.12 bits per heavy atom. The average molecular weight is 352 g/mol. The van der Waals surface area contributed by atoms with Gasteiger partial charge in [0.05, 0.1) is 0 Å². The lowest BCUT2D eigenvalue weighted by Crippen LogP contribution is -2.93. The molecule has 0 saturated heterocycles. The first-order valence-electron chi connectivity index (χ1n) is 9.17. The molecule has 5 heteroatoms. The van der Waals surface area contributed by atoms with Gasteiger partial charge in [-0.1, -0.05) is 43.3 Å². The molecule has 0 saturated carbocycles. The summed E-state index contributed by atoms with van der Waals surface area (Å²) in [6, 6.07) is 15.2. The third-order valence-electron chi connectivity index (χ3n) is 4.90. The van der Waals surface area contributed by atoms with Gasteiger partial charge in [-0.2, -0.15) is 0 Å². The van der Waals surface area contributed by atoms with E-state index in [9.17, 15) is 9.59 Å². The largest absolute Gasteiger partial charge is 0.339 e. The number of carbonyl (C=O) groups is 2. The number of fused-ring (bicyclic) bond motifs is 1. The second-order valence-corrected chi connectivity index (χ2v) is 6.79. The molecule has 136 valence electrons. The molecule has 5 nitrogen and oxygen atoms in total. The van der Waals surface area contributed by atoms with Crippen molar-refractivity contribution in [2.45, 2.75) is 45.3 Å². The van der Waals surface area contributed by atoms with Crippen molar-refractivity contribution < 1.29 is 14.9 Å². The van der Waals surface area contributed by atoms with Crippen molar-refractivity contribution in [3.63, 3.8) is 0 Å². The second-order valence-electron chi connectivity index (χ2n) is 6.79. The number of amides is 2. The molecular formula is C21H26N3O2+. The maximum absolute atomic E-state index is 12.5. The number of nitrogens with two attached hydrogens (primary N) is 1. The van der Waals surface area contributed by atoms with E-state index >= 15 is 0 Å². The predicted octanol–water partition coefficient (Wildman–Crippen LogP) is 1.38. The number of nitrogens with one attached hydrogen (secondary N) is 2. The molecule has 1 heterocycles. The first-order valence-corrected chi connectivity index (χ1v) is 9.17. The van der Waals surface area contributed by atoms with E-state index in [0.29, 0.717) is 6.42 Å². The van der Waals surface area contributed by atoms with Gasteiger partial charge in [-0.25, -0.2) is 0 Å². The Labute approximate surface area is 154 Å². The highest BCUT2D eigenvalue weighted by molar-refractivity contribution is 5.97. The van der Waals surface area contributed by atoms with E-state index in [4.69, 9.17) is 0 Å². The normalized spacial score (nSPS) is 17.1. The molecule has 0 unspecified atom stereocenters. The molecule has 2 atom stereocenters. The van der Waals surface area contributed by atoms with Crippen molar-refractivity contribution in [1.82, 2.24) is 5.32 Å². The molecule has 0 aliphatic carbocycles. The Morgan fingerprint density at radius 2 is 1.81 bits per heavy atom. The van der Waals surface area contributed by atoms with Crippen LogP contribution in [0.15, 0.2) is 48.5 Å². The average Bonchev–Trinajstić information content (AvgIpc) is 2.68. The van der Waals surface area contributed by atoms with Crippen LogP contribution in [0.25, 0.3) is 0 Å². The fourth-order valence-corrected chi connectivity index (χ4v) is 3.21. The molecule has 2 aromatic carbocycles. The predicted molar refractivity (Wildman–Crippen MR) is 102 cm³/mol. The van der Waals surface area contributed by atoms with Crippen LogP contribution in [-0.2, 0) is 29.0 Å². The van der Waals surface area contributed by atoms with Crippen LogP contribution in [-0.4, -0.2) is 23.9 Å². The highest BCUT2D eigenvalue weighted by atomic mass is 16.2. The zero-order valence-corrected chi connectivity index (χ0v) is 15.3. The van der Waals surface area contributed by atoms with Crippen LogP contribution in [0.4, 0.5) is 5.69 Å². The molecule has 0 bridgehead atoms. The molecule has 26 heavy (non-hydrogen) atoms. The number of carbonyl (C=O) groups excluding carboxylic acids is 2. The molecule has 0 aromatic heterocycles. The van der Waals surface area contributed by atoms with Crippen LogP contribution in [0.5, 0.6) is 0 Å². The number of rotatable bonds is 5. The van der Waals surface area contributed by atoms with Crippen molar-refractivity contribution in [3.05, 3.63) is 65.2 Å². The van der Waals surface area contributed by atoms with Crippen LogP contribution >= 0.6 is 0 Å². The van der Waals surface area contributed by atoms with Gasteiger partial charge in [-0.15, -0.1) is 0 Å². The molecule has 0 fully saturated rings. The lowest BCUT2D eigenvalue weighted by molar-refractivity contribution is -0.695. The summed E-state index contributed by atoms with van der Waals surface area (Å²) in [5.41, 5.74) is 4.45. The maximum Gasteiger partial charge on any atom is 0.279 e. The van der Waals surface area contributed by atoms with Gasteiger partial charge in [0.25, 0.3) is 5.91 Å². The minimum Gasteiger partial charge on any atom is -0.339 e. The zero-order valence-electron chi connectivity index (χ0n) is 15.3. The van der Waals surface area contributed by atoms with Crippen LogP contribution in [0, 0.1) is 0 Å². The summed E-state index contributed by atoms with van der Waals surface area (Å²) in [4.78, 5) is 24.9. The summed E-state index contributed by atoms with van der Waals surface area (Å²) >= 11 is 0. The van der Waals surface area contributed by atoms with E-state index in [1.807, 2.05) is 41.7 Å². The lowest BCUT2D eigenvalue weighted by Gasteiger charge is -2.23. The number of benzene rings is 2. The standard InChI is InChI=1S/C21H25N3O2/c1-3-15-8-10-18(11-9-15)24-20(25)14(2)23-21(26)19-12-16-6-4-5-7-17(16)13-22-19/h4-11,14,19,22H,3,12-13H2,1-2H3,(H,23,26)(H,24,25)/p+1/t14-,19-/m0/s1. The zero-order chi connectivity index (χ0) is 18.5. The Bertz CT molecular complexity index is 786. The smallest absolute Gasteiger partial charge is 0.279 e. The van der Waals surface area contributed by atoms with Crippen LogP contribution in [0.1, 0.15) is 30.5 Å². The van der Waals surface area contributed by atoms with Crippen molar-refractivity contribution in [2.75, 3.05) is 5.32 Å². The summed E-state index contributed by atoms with van der Waals surface area (Å²) in [5.74, 6) is -0.303. The highest BCUT2D eigenvalue weighted by Crippen LogP contribution is 2.13. The molecule has 1 aliphatic heterocycles. The maximum atomic E-state index is 12.5. The van der Waals surface area contributed by atoms with Crippen LogP contribution in [0.2, 0.25) is 0 Å². The van der Waals surface area contributed by atoms with Gasteiger partial charge in [0.1, 0.15) is 12.6 Å². The summed E-state index contributed by atoms with van der Waals surface area (Å²) in [6.07, 6.45) is 1.65. The first kappa shape index (κ1) is 18.1. The third kappa shape index (κ3) is 4.29. The molecule has 3 rings (SSSR count). The van der Waals surface area contributed by atoms with Gasteiger partial charge in [-0.3, -0.25) is 9.59 Å². The SMILES string of the molecule is CCc1ccc(NC(=O)[C@H](C)NC(=O)[C@@H]2Cc3ccccc3C[NH2+]2)cc1. The van der Waals surface area contributed by atoms with Gasteiger partial charge < -0.3 is 16.0 Å². The molecule has 4 N–H and O–H groups in total. The van der Waals surface area contributed by atoms with E-state index in [1.54, 1.807) is 6.92 Å². The van der Waals surface area contributed by atoms with Crippen LogP contribution in [0.3, 0.4) is 0 Å². The van der Waals surface area contributed by atoms with E-state index in [2.05, 4.69) is 29.7 Å². The summed E-state index contributed by atoms with van der Waals surface area (Å²) in [6.45, 7) is 4.59.